The molecule has 2 aromatic rings. The molecule has 2 aromatic carbocycles. The molecule has 0 aromatic heterocycles. The molecule has 2 rings (SSSR count). The minimum atomic E-state index is -0.954. The topological polar surface area (TPSA) is 74.6 Å². The Morgan fingerprint density at radius 3 is 1.58 bits per heavy atom. The van der Waals surface area contributed by atoms with Crippen molar-refractivity contribution in [3.05, 3.63) is 66.8 Å². The van der Waals surface area contributed by atoms with E-state index in [1.807, 2.05) is 12.1 Å². The summed E-state index contributed by atoms with van der Waals surface area (Å²) in [4.78, 5) is 21.8. The summed E-state index contributed by atoms with van der Waals surface area (Å²) in [5, 5.41) is 17.9. The Balaban J connectivity index is 2.26. The third kappa shape index (κ3) is 3.54. The van der Waals surface area contributed by atoms with Crippen LogP contribution in [0.25, 0.3) is 0 Å². The van der Waals surface area contributed by atoms with Gasteiger partial charge in [0.05, 0.1) is 11.1 Å². The highest BCUT2D eigenvalue weighted by molar-refractivity contribution is 5.87. The zero-order chi connectivity index (χ0) is 13.8. The molecule has 0 spiro atoms. The van der Waals surface area contributed by atoms with E-state index in [2.05, 4.69) is 0 Å². The third-order valence-electron chi connectivity index (χ3n) is 2.36. The summed E-state index contributed by atoms with van der Waals surface area (Å²) >= 11 is -0.583. The first-order valence-corrected chi connectivity index (χ1v) is 7.53. The van der Waals surface area contributed by atoms with Crippen LogP contribution in [0.4, 0.5) is 0 Å². The van der Waals surface area contributed by atoms with Crippen molar-refractivity contribution in [3.8, 4) is 0 Å². The van der Waals surface area contributed by atoms with Gasteiger partial charge in [-0.2, -0.15) is 0 Å². The van der Waals surface area contributed by atoms with E-state index in [0.717, 1.165) is 7.14 Å². The monoisotopic (exact) mass is 369 g/mol. The standard InChI is InChI=1S/C14H9IO4/c16-13(17)9-3-1-5-11(7-9)15-12-6-2-4-10(8-12)14(18)19/h1-8H,(H-,16,17,18,19)/p+1. The van der Waals surface area contributed by atoms with Crippen molar-refractivity contribution in [1.29, 1.82) is 0 Å². The number of carboxylic acids is 2. The van der Waals surface area contributed by atoms with Gasteiger partial charge in [0, 0.05) is 12.1 Å². The number of aromatic carboxylic acids is 2. The van der Waals surface area contributed by atoms with Gasteiger partial charge >= 0.3 is 33.1 Å². The van der Waals surface area contributed by atoms with Gasteiger partial charge in [0.25, 0.3) is 0 Å². The van der Waals surface area contributed by atoms with Crippen molar-refractivity contribution in [3.63, 3.8) is 0 Å². The van der Waals surface area contributed by atoms with Gasteiger partial charge in [-0.15, -0.1) is 0 Å². The van der Waals surface area contributed by atoms with Crippen LogP contribution in [0.15, 0.2) is 48.5 Å². The molecule has 19 heavy (non-hydrogen) atoms. The zero-order valence-corrected chi connectivity index (χ0v) is 11.9. The second-order valence-electron chi connectivity index (χ2n) is 3.73. The normalized spacial score (nSPS) is 10.1. The molecule has 0 atom stereocenters. The van der Waals surface area contributed by atoms with Gasteiger partial charge in [0.15, 0.2) is 7.14 Å². The maximum absolute atomic E-state index is 10.9. The predicted molar refractivity (Wildman–Crippen MR) is 64.2 cm³/mol. The summed E-state index contributed by atoms with van der Waals surface area (Å²) in [7, 11) is 0. The number of hydrogen-bond donors (Lipinski definition) is 2. The largest absolute Gasteiger partial charge is 0.478 e. The first-order valence-electron chi connectivity index (χ1n) is 5.38. The van der Waals surface area contributed by atoms with Crippen molar-refractivity contribution in [2.45, 2.75) is 0 Å². The van der Waals surface area contributed by atoms with Gasteiger partial charge < -0.3 is 10.2 Å². The molecule has 0 bridgehead atoms. The van der Waals surface area contributed by atoms with E-state index in [1.54, 1.807) is 36.4 Å². The second kappa shape index (κ2) is 5.83. The molecule has 0 aliphatic rings. The molecule has 0 heterocycles. The summed E-state index contributed by atoms with van der Waals surface area (Å²) in [6, 6.07) is 13.5. The number of benzene rings is 2. The summed E-state index contributed by atoms with van der Waals surface area (Å²) in [5.74, 6) is -1.91. The minimum Gasteiger partial charge on any atom is -0.478 e. The van der Waals surface area contributed by atoms with E-state index >= 15 is 0 Å². The molecule has 0 radical (unpaired) electrons. The molecular formula is C14H10IO4+. The van der Waals surface area contributed by atoms with Crippen LogP contribution in [0.2, 0.25) is 0 Å². The molecule has 0 aliphatic heterocycles. The third-order valence-corrected chi connectivity index (χ3v) is 4.95. The Hall–Kier alpha value is -1.89. The lowest BCUT2D eigenvalue weighted by atomic mass is 10.2. The van der Waals surface area contributed by atoms with Gasteiger partial charge in [-0.3, -0.25) is 0 Å². The van der Waals surface area contributed by atoms with E-state index in [9.17, 15) is 9.59 Å². The Labute approximate surface area is 120 Å². The number of carbonyl (C=O) groups is 2. The highest BCUT2D eigenvalue weighted by Gasteiger charge is 2.18. The average Bonchev–Trinajstić information content (AvgIpc) is 2.39. The fourth-order valence-electron chi connectivity index (χ4n) is 1.49. The Morgan fingerprint density at radius 1 is 0.789 bits per heavy atom. The van der Waals surface area contributed by atoms with Crippen LogP contribution in [-0.2, 0) is 0 Å². The maximum Gasteiger partial charge on any atom is 0.357 e. The molecular weight excluding hydrogens is 359 g/mol. The Bertz CT molecular complexity index is 581. The number of carboxylic acid groups (broad SMARTS) is 2. The lowest BCUT2D eigenvalue weighted by Gasteiger charge is -1.94. The van der Waals surface area contributed by atoms with E-state index in [0.29, 0.717) is 0 Å². The minimum absolute atomic E-state index is 0.256. The van der Waals surface area contributed by atoms with Crippen LogP contribution in [0, 0.1) is 7.14 Å². The van der Waals surface area contributed by atoms with Crippen LogP contribution in [0.5, 0.6) is 0 Å². The van der Waals surface area contributed by atoms with E-state index < -0.39 is 33.1 Å². The summed E-state index contributed by atoms with van der Waals surface area (Å²) in [6.45, 7) is 0. The van der Waals surface area contributed by atoms with E-state index in [4.69, 9.17) is 10.2 Å². The molecule has 0 aliphatic carbocycles. The SMILES string of the molecule is O=C(O)c1cccc([I+]c2cccc(C(=O)O)c2)c1. The highest BCUT2D eigenvalue weighted by atomic mass is 127. The van der Waals surface area contributed by atoms with Gasteiger partial charge in [0.2, 0.25) is 0 Å². The molecule has 96 valence electrons. The van der Waals surface area contributed by atoms with Gasteiger partial charge in [-0.25, -0.2) is 9.59 Å². The predicted octanol–water partition coefficient (Wildman–Crippen LogP) is -0.789. The number of rotatable bonds is 4. The Kier molecular flexibility index (Phi) is 4.16. The fourth-order valence-corrected chi connectivity index (χ4v) is 3.96. The molecule has 0 unspecified atom stereocenters. The van der Waals surface area contributed by atoms with Crippen molar-refractivity contribution in [2.24, 2.45) is 0 Å². The quantitative estimate of drug-likeness (QED) is 0.693. The second-order valence-corrected chi connectivity index (χ2v) is 6.76. The fraction of sp³-hybridized carbons (Fsp3) is 0. The smallest absolute Gasteiger partial charge is 0.357 e. The summed E-state index contributed by atoms with van der Waals surface area (Å²) in [5.41, 5.74) is 0.512. The van der Waals surface area contributed by atoms with Crippen LogP contribution >= 0.6 is 0 Å². The van der Waals surface area contributed by atoms with Crippen molar-refractivity contribution < 1.29 is 41.0 Å². The van der Waals surface area contributed by atoms with Gasteiger partial charge in [-0.1, -0.05) is 12.1 Å². The zero-order valence-electron chi connectivity index (χ0n) is 9.71. The summed E-state index contributed by atoms with van der Waals surface area (Å²) in [6.07, 6.45) is 0. The number of halogens is 1. The molecule has 0 amide bonds. The molecule has 5 heteroatoms. The lowest BCUT2D eigenvalue weighted by Crippen LogP contribution is -3.61. The molecule has 2 N–H and O–H groups in total. The summed E-state index contributed by atoms with van der Waals surface area (Å²) < 4.78 is 1.89. The number of hydrogen-bond acceptors (Lipinski definition) is 2. The first-order chi connectivity index (χ1) is 9.06. The van der Waals surface area contributed by atoms with Crippen LogP contribution in [0.3, 0.4) is 0 Å². The first kappa shape index (κ1) is 13.5. The lowest BCUT2D eigenvalue weighted by molar-refractivity contribution is -0.597. The van der Waals surface area contributed by atoms with Crippen molar-refractivity contribution in [1.82, 2.24) is 0 Å². The molecule has 0 saturated heterocycles. The van der Waals surface area contributed by atoms with E-state index in [-0.39, 0.29) is 11.1 Å². The van der Waals surface area contributed by atoms with Crippen LogP contribution in [-0.4, -0.2) is 22.2 Å². The van der Waals surface area contributed by atoms with Crippen LogP contribution in [0.1, 0.15) is 20.7 Å². The van der Waals surface area contributed by atoms with Gasteiger partial charge in [0.1, 0.15) is 0 Å². The average molecular weight is 369 g/mol. The molecule has 0 fully saturated rings. The van der Waals surface area contributed by atoms with Crippen molar-refractivity contribution in [2.75, 3.05) is 0 Å². The maximum atomic E-state index is 10.9. The molecule has 4 nitrogen and oxygen atoms in total. The van der Waals surface area contributed by atoms with Crippen LogP contribution < -0.4 is 21.2 Å². The Morgan fingerprint density at radius 2 is 1.21 bits per heavy atom. The van der Waals surface area contributed by atoms with Gasteiger partial charge in [-0.05, 0) is 24.3 Å². The molecule has 0 saturated carbocycles. The van der Waals surface area contributed by atoms with E-state index in [1.165, 1.54) is 0 Å². The van der Waals surface area contributed by atoms with Crippen molar-refractivity contribution >= 4 is 11.9 Å². The highest BCUT2D eigenvalue weighted by Crippen LogP contribution is 1.99.